The van der Waals surface area contributed by atoms with Gasteiger partial charge in [-0.05, 0) is 44.3 Å². The Kier molecular flexibility index (Phi) is 5.74. The molecule has 0 atom stereocenters. The zero-order valence-electron chi connectivity index (χ0n) is 12.1. The molecule has 0 spiro atoms. The van der Waals surface area contributed by atoms with Crippen LogP contribution in [0.5, 0.6) is 0 Å². The molecule has 0 aromatic carbocycles. The highest BCUT2D eigenvalue weighted by molar-refractivity contribution is 7.89. The summed E-state index contributed by atoms with van der Waals surface area (Å²) in [5.41, 5.74) is 0. The van der Waals surface area contributed by atoms with E-state index < -0.39 is 10.0 Å². The van der Waals surface area contributed by atoms with Gasteiger partial charge in [0.25, 0.3) is 5.91 Å². The lowest BCUT2D eigenvalue weighted by atomic mass is 10.4. The minimum atomic E-state index is -3.54. The quantitative estimate of drug-likeness (QED) is 0.727. The normalized spacial score (nSPS) is 16.2. The first-order valence-electron chi connectivity index (χ1n) is 7.08. The predicted octanol–water partition coefficient (Wildman–Crippen LogP) is 0.872. The molecule has 1 fully saturated rings. The van der Waals surface area contributed by atoms with Gasteiger partial charge < -0.3 is 10.6 Å². The highest BCUT2D eigenvalue weighted by atomic mass is 32.2. The number of carbonyl (C=O) groups is 1. The van der Waals surface area contributed by atoms with E-state index in [1.54, 1.807) is 5.38 Å². The van der Waals surface area contributed by atoms with Crippen LogP contribution in [-0.4, -0.2) is 51.9 Å². The van der Waals surface area contributed by atoms with Crippen molar-refractivity contribution in [2.24, 2.45) is 0 Å². The zero-order valence-corrected chi connectivity index (χ0v) is 13.7. The number of nitrogens with zero attached hydrogens (tertiary/aromatic N) is 1. The van der Waals surface area contributed by atoms with E-state index in [9.17, 15) is 13.2 Å². The molecule has 1 aromatic rings. The van der Waals surface area contributed by atoms with Gasteiger partial charge in [0, 0.05) is 19.6 Å². The van der Waals surface area contributed by atoms with Crippen LogP contribution in [0.1, 0.15) is 28.9 Å². The first-order valence-corrected chi connectivity index (χ1v) is 9.40. The summed E-state index contributed by atoms with van der Waals surface area (Å²) in [7, 11) is -1.69. The molecule has 118 valence electrons. The minimum absolute atomic E-state index is 0.139. The van der Waals surface area contributed by atoms with Crippen molar-refractivity contribution in [2.45, 2.75) is 24.2 Å². The van der Waals surface area contributed by atoms with Gasteiger partial charge in [0.1, 0.15) is 9.77 Å². The Morgan fingerprint density at radius 1 is 1.33 bits per heavy atom. The summed E-state index contributed by atoms with van der Waals surface area (Å²) in [5, 5.41) is 7.43. The van der Waals surface area contributed by atoms with Crippen molar-refractivity contribution in [1.82, 2.24) is 14.9 Å². The number of nitrogens with one attached hydrogen (secondary N) is 2. The van der Waals surface area contributed by atoms with Crippen LogP contribution in [0, 0.1) is 0 Å². The number of thiophene rings is 1. The van der Waals surface area contributed by atoms with Crippen molar-refractivity contribution in [3.05, 3.63) is 16.3 Å². The molecule has 0 bridgehead atoms. The molecule has 0 unspecified atom stereocenters. The molecule has 2 heterocycles. The van der Waals surface area contributed by atoms with Crippen LogP contribution in [0.15, 0.2) is 16.3 Å². The number of hydrogen-bond acceptors (Lipinski definition) is 5. The Labute approximate surface area is 129 Å². The van der Waals surface area contributed by atoms with E-state index in [4.69, 9.17) is 0 Å². The van der Waals surface area contributed by atoms with Gasteiger partial charge in [0.15, 0.2) is 0 Å². The highest BCUT2D eigenvalue weighted by Crippen LogP contribution is 2.27. The Morgan fingerprint density at radius 2 is 2.05 bits per heavy atom. The number of carbonyl (C=O) groups excluding carboxylic acids is 1. The Hall–Kier alpha value is -0.960. The minimum Gasteiger partial charge on any atom is -0.351 e. The second-order valence-corrected chi connectivity index (χ2v) is 7.76. The first kappa shape index (κ1) is 16.4. The summed E-state index contributed by atoms with van der Waals surface area (Å²) < 4.78 is 26.5. The molecule has 8 heteroatoms. The summed E-state index contributed by atoms with van der Waals surface area (Å²) in [6.07, 6.45) is 2.58. The van der Waals surface area contributed by atoms with Crippen LogP contribution < -0.4 is 10.6 Å². The fourth-order valence-corrected chi connectivity index (χ4v) is 5.12. The largest absolute Gasteiger partial charge is 0.351 e. The van der Waals surface area contributed by atoms with Gasteiger partial charge in [-0.25, -0.2) is 8.42 Å². The van der Waals surface area contributed by atoms with Crippen molar-refractivity contribution in [3.8, 4) is 0 Å². The maximum absolute atomic E-state index is 12.5. The monoisotopic (exact) mass is 331 g/mol. The maximum Gasteiger partial charge on any atom is 0.262 e. The summed E-state index contributed by atoms with van der Waals surface area (Å²) in [6.45, 7) is 2.42. The molecule has 21 heavy (non-hydrogen) atoms. The third-order valence-electron chi connectivity index (χ3n) is 3.41. The number of sulfonamides is 1. The summed E-state index contributed by atoms with van der Waals surface area (Å²) in [4.78, 5) is 12.6. The first-order chi connectivity index (χ1) is 10.1. The second kappa shape index (κ2) is 7.35. The Bertz CT molecular complexity index is 577. The molecule has 6 nitrogen and oxygen atoms in total. The highest BCUT2D eigenvalue weighted by Gasteiger charge is 2.31. The summed E-state index contributed by atoms with van der Waals surface area (Å²) >= 11 is 1.17. The molecule has 0 radical (unpaired) electrons. The van der Waals surface area contributed by atoms with E-state index in [2.05, 4.69) is 10.6 Å². The average Bonchev–Trinajstić information content (AvgIpc) is 3.13. The van der Waals surface area contributed by atoms with Gasteiger partial charge in [-0.1, -0.05) is 0 Å². The fraction of sp³-hybridized carbons (Fsp3) is 0.615. The smallest absolute Gasteiger partial charge is 0.262 e. The third-order valence-corrected chi connectivity index (χ3v) is 6.39. The lowest BCUT2D eigenvalue weighted by molar-refractivity contribution is 0.0954. The summed E-state index contributed by atoms with van der Waals surface area (Å²) in [5.74, 6) is -0.307. The van der Waals surface area contributed by atoms with E-state index in [0.29, 0.717) is 19.6 Å². The van der Waals surface area contributed by atoms with Crippen LogP contribution in [0.3, 0.4) is 0 Å². The lowest BCUT2D eigenvalue weighted by Gasteiger charge is -2.15. The second-order valence-electron chi connectivity index (χ2n) is 4.94. The molecule has 0 saturated carbocycles. The number of hydrogen-bond donors (Lipinski definition) is 2. The maximum atomic E-state index is 12.5. The van der Waals surface area contributed by atoms with E-state index >= 15 is 0 Å². The standard InChI is InChI=1S/C13H21N3O3S2/c1-14-6-4-7-15-13(17)12-11(5-10-20-12)21(18,19)16-8-2-3-9-16/h5,10,14H,2-4,6-9H2,1H3,(H,15,17). The van der Waals surface area contributed by atoms with Gasteiger partial charge in [0.05, 0.1) is 0 Å². The fourth-order valence-electron chi connectivity index (χ4n) is 2.28. The average molecular weight is 331 g/mol. The van der Waals surface area contributed by atoms with E-state index in [0.717, 1.165) is 25.8 Å². The molecule has 1 aliphatic rings. The Balaban J connectivity index is 2.09. The summed E-state index contributed by atoms with van der Waals surface area (Å²) in [6, 6.07) is 1.53. The van der Waals surface area contributed by atoms with Gasteiger partial charge in [-0.2, -0.15) is 4.31 Å². The molecule has 2 N–H and O–H groups in total. The SMILES string of the molecule is CNCCCNC(=O)c1sccc1S(=O)(=O)N1CCCC1. The number of rotatable bonds is 7. The molecule has 0 aliphatic carbocycles. The van der Waals surface area contributed by atoms with Crippen LogP contribution in [-0.2, 0) is 10.0 Å². The number of amides is 1. The van der Waals surface area contributed by atoms with Crippen molar-refractivity contribution in [1.29, 1.82) is 0 Å². The molecular formula is C13H21N3O3S2. The van der Waals surface area contributed by atoms with Crippen molar-refractivity contribution in [3.63, 3.8) is 0 Å². The predicted molar refractivity (Wildman–Crippen MR) is 83.2 cm³/mol. The third kappa shape index (κ3) is 3.82. The molecule has 2 rings (SSSR count). The Morgan fingerprint density at radius 3 is 2.71 bits per heavy atom. The van der Waals surface area contributed by atoms with Crippen LogP contribution in [0.2, 0.25) is 0 Å². The van der Waals surface area contributed by atoms with Gasteiger partial charge in [-0.3, -0.25) is 4.79 Å². The van der Waals surface area contributed by atoms with E-state index in [-0.39, 0.29) is 15.7 Å². The van der Waals surface area contributed by atoms with Crippen LogP contribution >= 0.6 is 11.3 Å². The van der Waals surface area contributed by atoms with Gasteiger partial charge in [0.2, 0.25) is 10.0 Å². The van der Waals surface area contributed by atoms with E-state index in [1.165, 1.54) is 21.7 Å². The van der Waals surface area contributed by atoms with Crippen LogP contribution in [0.25, 0.3) is 0 Å². The van der Waals surface area contributed by atoms with Crippen molar-refractivity contribution < 1.29 is 13.2 Å². The molecular weight excluding hydrogens is 310 g/mol. The topological polar surface area (TPSA) is 78.5 Å². The molecule has 1 aromatic heterocycles. The molecule has 1 amide bonds. The lowest BCUT2D eigenvalue weighted by Crippen LogP contribution is -2.31. The van der Waals surface area contributed by atoms with E-state index in [1.807, 2.05) is 7.05 Å². The molecule has 1 aliphatic heterocycles. The zero-order chi connectivity index (χ0) is 15.3. The van der Waals surface area contributed by atoms with Gasteiger partial charge in [-0.15, -0.1) is 11.3 Å². The van der Waals surface area contributed by atoms with Crippen molar-refractivity contribution >= 4 is 27.3 Å². The molecule has 1 saturated heterocycles. The van der Waals surface area contributed by atoms with Crippen molar-refractivity contribution in [2.75, 3.05) is 33.2 Å². The van der Waals surface area contributed by atoms with Gasteiger partial charge >= 0.3 is 0 Å². The van der Waals surface area contributed by atoms with Crippen LogP contribution in [0.4, 0.5) is 0 Å².